The van der Waals surface area contributed by atoms with Crippen molar-refractivity contribution in [2.45, 2.75) is 12.3 Å². The first kappa shape index (κ1) is 13.9. The molecule has 1 unspecified atom stereocenters. The van der Waals surface area contributed by atoms with Gasteiger partial charge in [-0.2, -0.15) is 5.26 Å². The Morgan fingerprint density at radius 1 is 1.38 bits per heavy atom. The van der Waals surface area contributed by atoms with Crippen molar-refractivity contribution >= 4 is 0 Å². The van der Waals surface area contributed by atoms with Crippen molar-refractivity contribution in [2.75, 3.05) is 26.2 Å². The van der Waals surface area contributed by atoms with Gasteiger partial charge in [-0.1, -0.05) is 6.08 Å². The number of nitrogens with one attached hydrogen (secondary N) is 2. The molecule has 0 bridgehead atoms. The Hall–Kier alpha value is -2.07. The Kier molecular flexibility index (Phi) is 4.06. The molecule has 0 saturated carbocycles. The smallest absolute Gasteiger partial charge is 0.106 e. The summed E-state index contributed by atoms with van der Waals surface area (Å²) < 4.78 is 0. The molecule has 4 N–H and O–H groups in total. The fraction of sp³-hybridized carbons (Fsp3) is 0.400. The highest BCUT2D eigenvalue weighted by atomic mass is 15.4. The van der Waals surface area contributed by atoms with Crippen molar-refractivity contribution in [1.29, 1.82) is 5.26 Å². The topological polar surface area (TPSA) is 80.4 Å². The third-order valence-corrected chi connectivity index (χ3v) is 3.87. The standard InChI is InChI=1S/C15H20N6/c16-9-12-10-18-5-4-13(12)21-7-2-1-3-15(21)20-8-6-19-14(17)11-20/h1-4,7,10,14-15,18-19H,5-6,8,11,17H2/t14?,15-/m1/s1. The van der Waals surface area contributed by atoms with Crippen LogP contribution in [-0.2, 0) is 0 Å². The third kappa shape index (κ3) is 2.85. The Morgan fingerprint density at radius 2 is 2.29 bits per heavy atom. The summed E-state index contributed by atoms with van der Waals surface area (Å²) in [5.74, 6) is 0. The highest BCUT2D eigenvalue weighted by Gasteiger charge is 2.29. The van der Waals surface area contributed by atoms with Crippen LogP contribution in [0.2, 0.25) is 0 Å². The van der Waals surface area contributed by atoms with Crippen LogP contribution in [-0.4, -0.2) is 48.3 Å². The summed E-state index contributed by atoms with van der Waals surface area (Å²) in [5.41, 5.74) is 7.62. The lowest BCUT2D eigenvalue weighted by Gasteiger charge is -2.43. The summed E-state index contributed by atoms with van der Waals surface area (Å²) in [6, 6.07) is 2.26. The molecule has 0 aliphatic carbocycles. The van der Waals surface area contributed by atoms with Gasteiger partial charge in [0, 0.05) is 38.6 Å². The summed E-state index contributed by atoms with van der Waals surface area (Å²) in [6.45, 7) is 3.34. The molecule has 3 aliphatic rings. The van der Waals surface area contributed by atoms with E-state index in [2.05, 4.69) is 38.7 Å². The van der Waals surface area contributed by atoms with Crippen LogP contribution in [0.1, 0.15) is 0 Å². The maximum atomic E-state index is 9.32. The molecule has 6 nitrogen and oxygen atoms in total. The third-order valence-electron chi connectivity index (χ3n) is 3.87. The molecule has 0 radical (unpaired) electrons. The van der Waals surface area contributed by atoms with Crippen LogP contribution in [0.3, 0.4) is 0 Å². The summed E-state index contributed by atoms with van der Waals surface area (Å²) >= 11 is 0. The van der Waals surface area contributed by atoms with Crippen LogP contribution in [0.4, 0.5) is 0 Å². The largest absolute Gasteiger partial charge is 0.386 e. The monoisotopic (exact) mass is 284 g/mol. The molecule has 0 amide bonds. The molecular weight excluding hydrogens is 264 g/mol. The molecule has 21 heavy (non-hydrogen) atoms. The van der Waals surface area contributed by atoms with E-state index < -0.39 is 0 Å². The van der Waals surface area contributed by atoms with Crippen molar-refractivity contribution < 1.29 is 0 Å². The number of dihydropyridines is 1. The highest BCUT2D eigenvalue weighted by molar-refractivity contribution is 5.44. The molecule has 1 saturated heterocycles. The lowest BCUT2D eigenvalue weighted by molar-refractivity contribution is 0.0996. The number of nitrogens with two attached hydrogens (primary N) is 1. The van der Waals surface area contributed by atoms with E-state index in [1.54, 1.807) is 6.20 Å². The molecule has 0 aromatic carbocycles. The number of nitrogens with zero attached hydrogens (tertiary/aromatic N) is 3. The van der Waals surface area contributed by atoms with Crippen LogP contribution in [0, 0.1) is 11.3 Å². The molecular formula is C15H20N6. The molecule has 0 spiro atoms. The molecule has 110 valence electrons. The normalized spacial score (nSPS) is 29.4. The number of hydrogen-bond acceptors (Lipinski definition) is 6. The van der Waals surface area contributed by atoms with Gasteiger partial charge in [-0.15, -0.1) is 0 Å². The Balaban J connectivity index is 1.84. The van der Waals surface area contributed by atoms with E-state index in [0.717, 1.165) is 31.9 Å². The quantitative estimate of drug-likeness (QED) is 0.651. The van der Waals surface area contributed by atoms with Gasteiger partial charge in [0.15, 0.2) is 0 Å². The number of allylic oxidation sites excluding steroid dienone is 3. The number of hydrogen-bond donors (Lipinski definition) is 3. The zero-order valence-corrected chi connectivity index (χ0v) is 11.9. The predicted octanol–water partition coefficient (Wildman–Crippen LogP) is -0.217. The first-order valence-electron chi connectivity index (χ1n) is 7.20. The van der Waals surface area contributed by atoms with Crippen LogP contribution in [0.5, 0.6) is 0 Å². The van der Waals surface area contributed by atoms with Gasteiger partial charge < -0.3 is 16.0 Å². The van der Waals surface area contributed by atoms with E-state index in [-0.39, 0.29) is 12.3 Å². The minimum atomic E-state index is -0.00659. The van der Waals surface area contributed by atoms with Crippen LogP contribution >= 0.6 is 0 Å². The fourth-order valence-electron chi connectivity index (χ4n) is 2.88. The van der Waals surface area contributed by atoms with E-state index >= 15 is 0 Å². The van der Waals surface area contributed by atoms with Crippen molar-refractivity contribution in [2.24, 2.45) is 5.73 Å². The second-order valence-electron chi connectivity index (χ2n) is 5.27. The van der Waals surface area contributed by atoms with E-state index in [0.29, 0.717) is 5.57 Å². The molecule has 1 fully saturated rings. The number of nitriles is 1. The van der Waals surface area contributed by atoms with E-state index in [9.17, 15) is 5.26 Å². The van der Waals surface area contributed by atoms with Crippen molar-refractivity contribution in [3.8, 4) is 6.07 Å². The van der Waals surface area contributed by atoms with Gasteiger partial charge in [-0.05, 0) is 18.2 Å². The van der Waals surface area contributed by atoms with Gasteiger partial charge in [-0.3, -0.25) is 10.2 Å². The summed E-state index contributed by atoms with van der Waals surface area (Å²) in [5, 5.41) is 15.7. The van der Waals surface area contributed by atoms with Crippen LogP contribution < -0.4 is 16.4 Å². The fourth-order valence-corrected chi connectivity index (χ4v) is 2.88. The van der Waals surface area contributed by atoms with Gasteiger partial charge in [0.2, 0.25) is 0 Å². The average Bonchev–Trinajstić information content (AvgIpc) is 2.55. The zero-order valence-electron chi connectivity index (χ0n) is 11.9. The Labute approximate surface area is 124 Å². The molecule has 3 rings (SSSR count). The van der Waals surface area contributed by atoms with Crippen molar-refractivity contribution in [1.82, 2.24) is 20.4 Å². The van der Waals surface area contributed by atoms with Gasteiger partial charge in [0.05, 0.1) is 17.4 Å². The summed E-state index contributed by atoms with van der Waals surface area (Å²) in [6.07, 6.45) is 12.1. The Morgan fingerprint density at radius 3 is 3.10 bits per heavy atom. The van der Waals surface area contributed by atoms with Crippen LogP contribution in [0.25, 0.3) is 0 Å². The first-order chi connectivity index (χ1) is 10.3. The molecule has 3 aliphatic heterocycles. The molecule has 2 atom stereocenters. The van der Waals surface area contributed by atoms with Gasteiger partial charge in [0.1, 0.15) is 12.2 Å². The first-order valence-corrected chi connectivity index (χ1v) is 7.20. The van der Waals surface area contributed by atoms with Gasteiger partial charge in [-0.25, -0.2) is 0 Å². The van der Waals surface area contributed by atoms with Gasteiger partial charge in [0.25, 0.3) is 0 Å². The number of rotatable bonds is 2. The van der Waals surface area contributed by atoms with Crippen molar-refractivity contribution in [3.05, 3.63) is 48.0 Å². The second kappa shape index (κ2) is 6.14. The number of piperazine rings is 1. The van der Waals surface area contributed by atoms with Crippen LogP contribution in [0.15, 0.2) is 48.0 Å². The van der Waals surface area contributed by atoms with E-state index in [1.165, 1.54) is 0 Å². The Bertz CT molecular complexity index is 553. The SMILES string of the molecule is N#CC1=CNCC=C1N1C=CC=C[C@@H]1N1CCNC(N)C1. The highest BCUT2D eigenvalue weighted by Crippen LogP contribution is 2.25. The average molecular weight is 284 g/mol. The second-order valence-corrected chi connectivity index (χ2v) is 5.27. The summed E-state index contributed by atoms with van der Waals surface area (Å²) in [4.78, 5) is 4.48. The lowest BCUT2D eigenvalue weighted by atomic mass is 10.1. The molecule has 6 heteroatoms. The predicted molar refractivity (Wildman–Crippen MR) is 81.2 cm³/mol. The minimum Gasteiger partial charge on any atom is -0.386 e. The lowest BCUT2D eigenvalue weighted by Crippen LogP contribution is -2.60. The molecule has 3 heterocycles. The summed E-state index contributed by atoms with van der Waals surface area (Å²) in [7, 11) is 0. The van der Waals surface area contributed by atoms with Crippen molar-refractivity contribution in [3.63, 3.8) is 0 Å². The minimum absolute atomic E-state index is 0.00659. The maximum absolute atomic E-state index is 9.32. The van der Waals surface area contributed by atoms with E-state index in [1.807, 2.05) is 18.4 Å². The maximum Gasteiger partial charge on any atom is 0.106 e. The zero-order chi connectivity index (χ0) is 14.7. The molecule has 0 aromatic heterocycles. The van der Waals surface area contributed by atoms with Gasteiger partial charge >= 0.3 is 0 Å². The van der Waals surface area contributed by atoms with E-state index in [4.69, 9.17) is 5.73 Å². The molecule has 0 aromatic rings.